The van der Waals surface area contributed by atoms with E-state index >= 15 is 0 Å². The molecule has 0 aliphatic rings. The number of rotatable bonds is 7. The topological polar surface area (TPSA) is 107 Å². The van der Waals surface area contributed by atoms with Gasteiger partial charge in [0.05, 0.1) is 4.47 Å². The number of nitrogens with two attached hydrogens (primary N) is 1. The van der Waals surface area contributed by atoms with Crippen molar-refractivity contribution in [1.29, 1.82) is 0 Å². The van der Waals surface area contributed by atoms with Gasteiger partial charge in [0.15, 0.2) is 5.82 Å². The minimum atomic E-state index is -0.916. The molecular weight excluding hydrogens is 424 g/mol. The first-order chi connectivity index (χ1) is 12.0. The van der Waals surface area contributed by atoms with Crippen molar-refractivity contribution >= 4 is 54.1 Å². The summed E-state index contributed by atoms with van der Waals surface area (Å²) in [5, 5.41) is 15.4. The van der Waals surface area contributed by atoms with Gasteiger partial charge in [-0.25, -0.2) is 0 Å². The number of nitrogens with zero attached hydrogens (tertiary/aromatic N) is 4. The lowest BCUT2D eigenvalue weighted by atomic mass is 10.2. The summed E-state index contributed by atoms with van der Waals surface area (Å²) < 4.78 is 13.2. The second-order valence-electron chi connectivity index (χ2n) is 5.57. The third-order valence-corrected chi connectivity index (χ3v) is 6.73. The van der Waals surface area contributed by atoms with Crippen molar-refractivity contribution in [3.63, 3.8) is 0 Å². The summed E-state index contributed by atoms with van der Waals surface area (Å²) in [6.07, 6.45) is 5.80. The van der Waals surface area contributed by atoms with Crippen molar-refractivity contribution in [2.45, 2.75) is 19.0 Å². The van der Waals surface area contributed by atoms with E-state index < -0.39 is 10.8 Å². The van der Waals surface area contributed by atoms with Crippen LogP contribution in [0.5, 0.6) is 0 Å². The van der Waals surface area contributed by atoms with E-state index in [9.17, 15) is 4.21 Å². The Morgan fingerprint density at radius 2 is 2.12 bits per heavy atom. The molecule has 0 amide bonds. The molecular formula is C15H17BrN6OS2. The lowest BCUT2D eigenvalue weighted by Crippen LogP contribution is -2.28. The van der Waals surface area contributed by atoms with Gasteiger partial charge in [-0.1, -0.05) is 0 Å². The van der Waals surface area contributed by atoms with Crippen LogP contribution < -0.4 is 11.1 Å². The monoisotopic (exact) mass is 440 g/mol. The van der Waals surface area contributed by atoms with E-state index in [1.54, 1.807) is 30.0 Å². The van der Waals surface area contributed by atoms with E-state index in [-0.39, 0.29) is 6.04 Å². The molecule has 3 aromatic rings. The average Bonchev–Trinajstić information content (AvgIpc) is 2.90. The van der Waals surface area contributed by atoms with Crippen LogP contribution in [0, 0.1) is 0 Å². The average molecular weight is 441 g/mol. The number of hydrogen-bond acceptors (Lipinski definition) is 8. The molecule has 0 saturated heterocycles. The van der Waals surface area contributed by atoms with Crippen LogP contribution in [0.3, 0.4) is 0 Å². The van der Waals surface area contributed by atoms with Gasteiger partial charge in [-0.3, -0.25) is 9.19 Å². The molecule has 3 rings (SSSR count). The van der Waals surface area contributed by atoms with Crippen LogP contribution in [-0.2, 0) is 23.8 Å². The van der Waals surface area contributed by atoms with Gasteiger partial charge >= 0.3 is 0 Å². The summed E-state index contributed by atoms with van der Waals surface area (Å²) in [6.45, 7) is 0.621. The van der Waals surface area contributed by atoms with Crippen molar-refractivity contribution in [2.24, 2.45) is 5.73 Å². The molecule has 0 aliphatic carbocycles. The fourth-order valence-electron chi connectivity index (χ4n) is 2.39. The third-order valence-electron chi connectivity index (χ3n) is 3.50. The highest BCUT2D eigenvalue weighted by molar-refractivity contribution is 9.10. The third kappa shape index (κ3) is 4.57. The SMILES string of the molecule is CS(=O)C[C@H](N)Cc1sc2c(NCc3ccncc3)nnnc2c1Br. The van der Waals surface area contributed by atoms with Crippen molar-refractivity contribution < 1.29 is 4.21 Å². The number of pyridine rings is 1. The Labute approximate surface area is 160 Å². The molecule has 0 radical (unpaired) electrons. The highest BCUT2D eigenvalue weighted by Gasteiger charge is 2.18. The van der Waals surface area contributed by atoms with Crippen LogP contribution in [0.15, 0.2) is 29.0 Å². The molecule has 0 aliphatic heterocycles. The maximum absolute atomic E-state index is 11.4. The summed E-state index contributed by atoms with van der Waals surface area (Å²) in [5.74, 6) is 1.16. The van der Waals surface area contributed by atoms with Crippen molar-refractivity contribution in [2.75, 3.05) is 17.3 Å². The Kier molecular flexibility index (Phi) is 6.05. The summed E-state index contributed by atoms with van der Waals surface area (Å²) in [4.78, 5) is 5.07. The summed E-state index contributed by atoms with van der Waals surface area (Å²) in [7, 11) is -0.916. The maximum Gasteiger partial charge on any atom is 0.170 e. The van der Waals surface area contributed by atoms with Gasteiger partial charge in [0, 0.05) is 52.7 Å². The second-order valence-corrected chi connectivity index (χ2v) is 8.95. The largest absolute Gasteiger partial charge is 0.363 e. The van der Waals surface area contributed by atoms with Gasteiger partial charge in [-0.15, -0.1) is 21.5 Å². The molecule has 132 valence electrons. The fraction of sp³-hybridized carbons (Fsp3) is 0.333. The molecule has 25 heavy (non-hydrogen) atoms. The minimum Gasteiger partial charge on any atom is -0.363 e. The molecule has 0 spiro atoms. The zero-order valence-corrected chi connectivity index (χ0v) is 16.7. The summed E-state index contributed by atoms with van der Waals surface area (Å²) in [6, 6.07) is 3.72. The van der Waals surface area contributed by atoms with Gasteiger partial charge in [0.2, 0.25) is 0 Å². The van der Waals surface area contributed by atoms with Gasteiger partial charge < -0.3 is 11.1 Å². The molecule has 3 aromatic heterocycles. The van der Waals surface area contributed by atoms with Gasteiger partial charge in [0.25, 0.3) is 0 Å². The van der Waals surface area contributed by atoms with Crippen LogP contribution in [-0.4, -0.2) is 42.7 Å². The number of anilines is 1. The van der Waals surface area contributed by atoms with Crippen LogP contribution in [0.1, 0.15) is 10.4 Å². The zero-order valence-electron chi connectivity index (χ0n) is 13.5. The number of fused-ring (bicyclic) bond motifs is 1. The van der Waals surface area contributed by atoms with E-state index in [0.29, 0.717) is 24.5 Å². The molecule has 0 saturated carbocycles. The summed E-state index contributed by atoms with van der Waals surface area (Å²) in [5.41, 5.74) is 7.95. The van der Waals surface area contributed by atoms with E-state index in [1.165, 1.54) is 0 Å². The van der Waals surface area contributed by atoms with E-state index in [2.05, 4.69) is 41.6 Å². The molecule has 1 unspecified atom stereocenters. The summed E-state index contributed by atoms with van der Waals surface area (Å²) >= 11 is 5.16. The smallest absolute Gasteiger partial charge is 0.170 e. The normalized spacial score (nSPS) is 13.7. The van der Waals surface area contributed by atoms with Gasteiger partial charge in [-0.05, 0) is 45.3 Å². The Balaban J connectivity index is 1.83. The number of aromatic nitrogens is 4. The molecule has 0 aromatic carbocycles. The van der Waals surface area contributed by atoms with Crippen LogP contribution >= 0.6 is 27.3 Å². The second kappa shape index (κ2) is 8.26. The molecule has 0 bridgehead atoms. The Hall–Kier alpha value is -1.49. The molecule has 0 fully saturated rings. The first-order valence-electron chi connectivity index (χ1n) is 7.53. The molecule has 10 heteroatoms. The lowest BCUT2D eigenvalue weighted by Gasteiger charge is -2.08. The van der Waals surface area contributed by atoms with Crippen molar-refractivity contribution in [3.8, 4) is 0 Å². The first-order valence-corrected chi connectivity index (χ1v) is 10.9. The minimum absolute atomic E-state index is 0.163. The van der Waals surface area contributed by atoms with Crippen LogP contribution in [0.4, 0.5) is 5.82 Å². The Morgan fingerprint density at radius 1 is 1.36 bits per heavy atom. The van der Waals surface area contributed by atoms with Crippen molar-refractivity contribution in [1.82, 2.24) is 20.4 Å². The number of hydrogen-bond donors (Lipinski definition) is 2. The Morgan fingerprint density at radius 3 is 2.84 bits per heavy atom. The number of thiophene rings is 1. The zero-order chi connectivity index (χ0) is 17.8. The van der Waals surface area contributed by atoms with E-state index in [4.69, 9.17) is 5.73 Å². The van der Waals surface area contributed by atoms with Crippen LogP contribution in [0.25, 0.3) is 10.2 Å². The van der Waals surface area contributed by atoms with Gasteiger partial charge in [0.1, 0.15) is 10.2 Å². The van der Waals surface area contributed by atoms with Crippen LogP contribution in [0.2, 0.25) is 0 Å². The fourth-order valence-corrected chi connectivity index (χ4v) is 5.10. The molecule has 7 nitrogen and oxygen atoms in total. The first kappa shape index (κ1) is 18.3. The highest BCUT2D eigenvalue weighted by Crippen LogP contribution is 2.37. The molecule has 2 atom stereocenters. The lowest BCUT2D eigenvalue weighted by molar-refractivity contribution is 0.673. The molecule has 3 N–H and O–H groups in total. The van der Waals surface area contributed by atoms with E-state index in [1.807, 2.05) is 12.1 Å². The van der Waals surface area contributed by atoms with E-state index in [0.717, 1.165) is 25.1 Å². The highest BCUT2D eigenvalue weighted by atomic mass is 79.9. The number of nitrogens with one attached hydrogen (secondary N) is 1. The predicted molar refractivity (Wildman–Crippen MR) is 105 cm³/mol. The quantitative estimate of drug-likeness (QED) is 0.578. The Bertz CT molecular complexity index is 888. The predicted octanol–water partition coefficient (Wildman–Crippen LogP) is 2.10. The van der Waals surface area contributed by atoms with Crippen molar-refractivity contribution in [3.05, 3.63) is 39.4 Å². The number of halogens is 1. The standard InChI is InChI=1S/C15H17BrN6OS2/c1-25(23)8-10(17)6-11-12(16)13-14(24-11)15(21-22-20-13)19-7-9-2-4-18-5-3-9/h2-5,10H,6-8,17H2,1H3,(H,19,20,21)/t10-,25?/m1/s1. The van der Waals surface area contributed by atoms with Gasteiger partial charge in [-0.2, -0.15) is 0 Å². The maximum atomic E-state index is 11.4. The molecule has 3 heterocycles.